The minimum Gasteiger partial charge on any atom is -0.504 e. The molecule has 21 heavy (non-hydrogen) atoms. The van der Waals surface area contributed by atoms with Gasteiger partial charge in [-0.05, 0) is 24.1 Å². The molecule has 0 radical (unpaired) electrons. The maximum Gasteiger partial charge on any atom is 0.253 e. The number of amides is 1. The summed E-state index contributed by atoms with van der Waals surface area (Å²) >= 11 is 5.90. The van der Waals surface area contributed by atoms with Crippen molar-refractivity contribution in [2.24, 2.45) is 0 Å². The number of rotatable bonds is 4. The maximum absolute atomic E-state index is 12.3. The summed E-state index contributed by atoms with van der Waals surface area (Å²) in [5.74, 6) is -1.24. The van der Waals surface area contributed by atoms with Crippen molar-refractivity contribution in [2.75, 3.05) is 0 Å². The van der Waals surface area contributed by atoms with Crippen molar-refractivity contribution < 1.29 is 15.0 Å². The lowest BCUT2D eigenvalue weighted by molar-refractivity contribution is 0.0935. The van der Waals surface area contributed by atoms with Crippen LogP contribution in [0.2, 0.25) is 5.02 Å². The normalized spacial score (nSPS) is 11.9. The van der Waals surface area contributed by atoms with Gasteiger partial charge in [0.1, 0.15) is 0 Å². The van der Waals surface area contributed by atoms with E-state index in [1.807, 2.05) is 37.3 Å². The highest BCUT2D eigenvalue weighted by Gasteiger charge is 2.19. The van der Waals surface area contributed by atoms with Crippen molar-refractivity contribution in [1.29, 1.82) is 0 Å². The summed E-state index contributed by atoms with van der Waals surface area (Å²) in [4.78, 5) is 12.3. The quantitative estimate of drug-likeness (QED) is 0.755. The molecule has 110 valence electrons. The summed E-state index contributed by atoms with van der Waals surface area (Å²) < 4.78 is 0. The van der Waals surface area contributed by atoms with Gasteiger partial charge in [0.25, 0.3) is 5.91 Å². The molecule has 1 amide bonds. The molecular formula is C16H16ClNO3. The van der Waals surface area contributed by atoms with Crippen molar-refractivity contribution in [3.8, 4) is 11.5 Å². The largest absolute Gasteiger partial charge is 0.504 e. The highest BCUT2D eigenvalue weighted by molar-refractivity contribution is 6.35. The van der Waals surface area contributed by atoms with Crippen LogP contribution in [0.15, 0.2) is 42.5 Å². The van der Waals surface area contributed by atoms with Crippen LogP contribution in [0.4, 0.5) is 0 Å². The van der Waals surface area contributed by atoms with E-state index in [1.54, 1.807) is 0 Å². The molecule has 3 N–H and O–H groups in total. The zero-order chi connectivity index (χ0) is 15.4. The second-order valence-corrected chi connectivity index (χ2v) is 5.02. The lowest BCUT2D eigenvalue weighted by Gasteiger charge is -2.18. The number of phenolic OH excluding ortho intramolecular Hbond substituents is 2. The predicted molar refractivity (Wildman–Crippen MR) is 81.7 cm³/mol. The molecule has 0 spiro atoms. The molecule has 4 nitrogen and oxygen atoms in total. The number of benzene rings is 2. The molecule has 0 bridgehead atoms. The van der Waals surface area contributed by atoms with Gasteiger partial charge in [-0.25, -0.2) is 0 Å². The van der Waals surface area contributed by atoms with E-state index in [4.69, 9.17) is 11.6 Å². The molecule has 0 aliphatic rings. The van der Waals surface area contributed by atoms with E-state index in [0.29, 0.717) is 0 Å². The van der Waals surface area contributed by atoms with Gasteiger partial charge in [0, 0.05) is 0 Å². The highest BCUT2D eigenvalue weighted by Crippen LogP contribution is 2.35. The topological polar surface area (TPSA) is 69.6 Å². The number of nitrogens with one attached hydrogen (secondary N) is 1. The molecule has 0 aliphatic carbocycles. The monoisotopic (exact) mass is 305 g/mol. The smallest absolute Gasteiger partial charge is 0.253 e. The Morgan fingerprint density at radius 2 is 1.86 bits per heavy atom. The fourth-order valence-corrected chi connectivity index (χ4v) is 2.32. The Hall–Kier alpha value is -2.20. The Kier molecular flexibility index (Phi) is 4.70. The fourth-order valence-electron chi connectivity index (χ4n) is 2.07. The summed E-state index contributed by atoms with van der Waals surface area (Å²) in [5, 5.41) is 21.6. The highest BCUT2D eigenvalue weighted by atomic mass is 35.5. The summed E-state index contributed by atoms with van der Waals surface area (Å²) in [5.41, 5.74) is 1.12. The molecule has 0 heterocycles. The lowest BCUT2D eigenvalue weighted by Crippen LogP contribution is -2.28. The van der Waals surface area contributed by atoms with Crippen LogP contribution in [0, 0.1) is 0 Å². The first kappa shape index (κ1) is 15.2. The average molecular weight is 306 g/mol. The van der Waals surface area contributed by atoms with E-state index in [-0.39, 0.29) is 22.4 Å². The van der Waals surface area contributed by atoms with Gasteiger partial charge in [-0.15, -0.1) is 0 Å². The number of carbonyl (C=O) groups excluding carboxylic acids is 1. The van der Waals surface area contributed by atoms with Crippen LogP contribution >= 0.6 is 11.6 Å². The van der Waals surface area contributed by atoms with E-state index < -0.39 is 11.7 Å². The zero-order valence-corrected chi connectivity index (χ0v) is 12.3. The van der Waals surface area contributed by atoms with E-state index in [1.165, 1.54) is 12.1 Å². The zero-order valence-electron chi connectivity index (χ0n) is 11.5. The van der Waals surface area contributed by atoms with Gasteiger partial charge in [-0.2, -0.15) is 0 Å². The number of aromatic hydroxyl groups is 2. The molecule has 1 atom stereocenters. The van der Waals surface area contributed by atoms with Crippen LogP contribution in [0.3, 0.4) is 0 Å². The molecule has 2 aromatic carbocycles. The molecule has 0 aromatic heterocycles. The van der Waals surface area contributed by atoms with Crippen LogP contribution in [-0.4, -0.2) is 16.1 Å². The van der Waals surface area contributed by atoms with Crippen molar-refractivity contribution in [3.05, 3.63) is 58.6 Å². The predicted octanol–water partition coefficient (Wildman–Crippen LogP) is 3.63. The van der Waals surface area contributed by atoms with Gasteiger partial charge in [0.2, 0.25) is 0 Å². The lowest BCUT2D eigenvalue weighted by atomic mass is 10.0. The number of carbonyl (C=O) groups is 1. The molecular weight excluding hydrogens is 290 g/mol. The second-order valence-electron chi connectivity index (χ2n) is 4.64. The van der Waals surface area contributed by atoms with Gasteiger partial charge in [-0.1, -0.05) is 48.9 Å². The Labute approximate surface area is 128 Å². The molecule has 2 aromatic rings. The summed E-state index contributed by atoms with van der Waals surface area (Å²) in [6, 6.07) is 12.1. The summed E-state index contributed by atoms with van der Waals surface area (Å²) in [6.45, 7) is 1.97. The SMILES string of the molecule is CC[C@@H](NC(=O)c1ccc(O)c(O)c1Cl)c1ccccc1. The Morgan fingerprint density at radius 1 is 1.19 bits per heavy atom. The third-order valence-electron chi connectivity index (χ3n) is 3.26. The molecule has 0 unspecified atom stereocenters. The van der Waals surface area contributed by atoms with Crippen molar-refractivity contribution >= 4 is 17.5 Å². The minimum atomic E-state index is -0.489. The third kappa shape index (κ3) is 3.28. The van der Waals surface area contributed by atoms with Crippen LogP contribution in [0.5, 0.6) is 11.5 Å². The van der Waals surface area contributed by atoms with Gasteiger partial charge in [-0.3, -0.25) is 4.79 Å². The van der Waals surface area contributed by atoms with Gasteiger partial charge >= 0.3 is 0 Å². The van der Waals surface area contributed by atoms with E-state index >= 15 is 0 Å². The van der Waals surface area contributed by atoms with Crippen LogP contribution in [0.1, 0.15) is 35.3 Å². The molecule has 2 rings (SSSR count). The molecule has 0 fully saturated rings. The van der Waals surface area contributed by atoms with Gasteiger partial charge in [0.15, 0.2) is 11.5 Å². The van der Waals surface area contributed by atoms with E-state index in [2.05, 4.69) is 5.32 Å². The Morgan fingerprint density at radius 3 is 2.48 bits per heavy atom. The number of halogens is 1. The molecule has 0 saturated heterocycles. The first-order chi connectivity index (χ1) is 10.0. The van der Waals surface area contributed by atoms with Crippen molar-refractivity contribution in [2.45, 2.75) is 19.4 Å². The first-order valence-corrected chi connectivity index (χ1v) is 6.98. The van der Waals surface area contributed by atoms with Crippen LogP contribution in [0.25, 0.3) is 0 Å². The fraction of sp³-hybridized carbons (Fsp3) is 0.188. The minimum absolute atomic E-state index is 0.126. The van der Waals surface area contributed by atoms with Crippen molar-refractivity contribution in [3.63, 3.8) is 0 Å². The van der Waals surface area contributed by atoms with Crippen LogP contribution < -0.4 is 5.32 Å². The second kappa shape index (κ2) is 6.50. The molecule has 0 saturated carbocycles. The number of hydrogen-bond donors (Lipinski definition) is 3. The average Bonchev–Trinajstić information content (AvgIpc) is 2.51. The van der Waals surface area contributed by atoms with Gasteiger partial charge < -0.3 is 15.5 Å². The third-order valence-corrected chi connectivity index (χ3v) is 3.64. The first-order valence-electron chi connectivity index (χ1n) is 6.60. The number of phenols is 2. The van der Waals surface area contributed by atoms with E-state index in [0.717, 1.165) is 12.0 Å². The molecule has 0 aliphatic heterocycles. The van der Waals surface area contributed by atoms with Crippen LogP contribution in [-0.2, 0) is 0 Å². The maximum atomic E-state index is 12.3. The standard InChI is InChI=1S/C16H16ClNO3/c1-2-12(10-6-4-3-5-7-10)18-16(21)11-8-9-13(19)15(20)14(11)17/h3-9,12,19-20H,2H2,1H3,(H,18,21)/t12-/m1/s1. The summed E-state index contributed by atoms with van der Waals surface area (Å²) in [6.07, 6.45) is 0.720. The summed E-state index contributed by atoms with van der Waals surface area (Å²) in [7, 11) is 0. The molecule has 5 heteroatoms. The Balaban J connectivity index is 2.23. The van der Waals surface area contributed by atoms with E-state index in [9.17, 15) is 15.0 Å². The number of hydrogen-bond acceptors (Lipinski definition) is 3. The Bertz CT molecular complexity index is 643. The van der Waals surface area contributed by atoms with Gasteiger partial charge in [0.05, 0.1) is 16.6 Å². The van der Waals surface area contributed by atoms with Crippen molar-refractivity contribution in [1.82, 2.24) is 5.32 Å².